The van der Waals surface area contributed by atoms with E-state index in [4.69, 9.17) is 4.74 Å². The second-order valence-electron chi connectivity index (χ2n) is 9.03. The predicted octanol–water partition coefficient (Wildman–Crippen LogP) is 8.56. The van der Waals surface area contributed by atoms with Gasteiger partial charge in [-0.1, -0.05) is 54.6 Å². The zero-order valence-electron chi connectivity index (χ0n) is 21.2. The second kappa shape index (κ2) is 10.7. The largest absolute Gasteiger partial charge is 0.457 e. The van der Waals surface area contributed by atoms with Crippen molar-refractivity contribution in [3.63, 3.8) is 0 Å². The van der Waals surface area contributed by atoms with Gasteiger partial charge in [0.05, 0.1) is 0 Å². The summed E-state index contributed by atoms with van der Waals surface area (Å²) in [5.74, 6) is 1.21. The highest BCUT2D eigenvalue weighted by Gasteiger charge is 2.20. The Bertz CT molecular complexity index is 1590. The van der Waals surface area contributed by atoms with Crippen LogP contribution < -0.4 is 9.64 Å². The van der Waals surface area contributed by atoms with Gasteiger partial charge in [0.15, 0.2) is 0 Å². The van der Waals surface area contributed by atoms with Crippen LogP contribution in [0.4, 0.5) is 17.1 Å². The van der Waals surface area contributed by atoms with Crippen molar-refractivity contribution in [3.05, 3.63) is 143 Å². The maximum absolute atomic E-state index is 9.53. The van der Waals surface area contributed by atoms with E-state index in [9.17, 15) is 10.5 Å². The summed E-state index contributed by atoms with van der Waals surface area (Å²) in [5, 5.41) is 19.1. The first-order chi connectivity index (χ1) is 18.6. The van der Waals surface area contributed by atoms with Crippen molar-refractivity contribution in [2.24, 2.45) is 0 Å². The van der Waals surface area contributed by atoms with E-state index >= 15 is 0 Å². The molecule has 0 N–H and O–H groups in total. The molecule has 0 spiro atoms. The van der Waals surface area contributed by atoms with E-state index < -0.39 is 0 Å². The molecule has 0 atom stereocenters. The highest BCUT2D eigenvalue weighted by molar-refractivity contribution is 5.87. The third-order valence-corrected chi connectivity index (χ3v) is 6.51. The van der Waals surface area contributed by atoms with Crippen molar-refractivity contribution in [3.8, 4) is 17.9 Å². The Kier molecular flexibility index (Phi) is 6.89. The Hall–Kier alpha value is -5.32. The average molecular weight is 492 g/mol. The normalized spacial score (nSPS) is 12.1. The number of allylic oxidation sites excluding steroid dienone is 4. The summed E-state index contributed by atoms with van der Waals surface area (Å²) < 4.78 is 6.15. The number of benzene rings is 4. The second-order valence-corrected chi connectivity index (χ2v) is 9.03. The van der Waals surface area contributed by atoms with Crippen molar-refractivity contribution < 1.29 is 4.74 Å². The maximum Gasteiger partial charge on any atom is 0.137 e. The zero-order chi connectivity index (χ0) is 26.5. The van der Waals surface area contributed by atoms with Gasteiger partial charge in [-0.2, -0.15) is 10.5 Å². The molecule has 0 amide bonds. The van der Waals surface area contributed by atoms with Gasteiger partial charge in [-0.15, -0.1) is 0 Å². The van der Waals surface area contributed by atoms with Crippen LogP contribution in [0, 0.1) is 36.5 Å². The van der Waals surface area contributed by atoms with E-state index in [0.29, 0.717) is 17.1 Å². The third-order valence-electron chi connectivity index (χ3n) is 6.51. The molecule has 5 rings (SSSR count). The fourth-order valence-corrected chi connectivity index (χ4v) is 4.41. The first-order valence-corrected chi connectivity index (χ1v) is 12.3. The summed E-state index contributed by atoms with van der Waals surface area (Å²) >= 11 is 0. The zero-order valence-corrected chi connectivity index (χ0v) is 21.2. The summed E-state index contributed by atoms with van der Waals surface area (Å²) in [6.45, 7) is 4.02. The van der Waals surface area contributed by atoms with Crippen molar-refractivity contribution in [1.29, 1.82) is 10.5 Å². The lowest BCUT2D eigenvalue weighted by molar-refractivity contribution is 0.439. The number of hydrogen-bond acceptors (Lipinski definition) is 4. The first-order valence-electron chi connectivity index (χ1n) is 12.3. The molecule has 0 fully saturated rings. The fourth-order valence-electron chi connectivity index (χ4n) is 4.41. The lowest BCUT2D eigenvalue weighted by atomic mass is 9.94. The number of rotatable bonds is 5. The number of nitrogens with zero attached hydrogens (tertiary/aromatic N) is 3. The van der Waals surface area contributed by atoms with Crippen molar-refractivity contribution in [2.75, 3.05) is 4.90 Å². The van der Waals surface area contributed by atoms with Gasteiger partial charge < -0.3 is 9.64 Å². The molecule has 0 radical (unpaired) electrons. The molecule has 182 valence electrons. The molecule has 4 nitrogen and oxygen atoms in total. The SMILES string of the molecule is Cc1cc2c(cc1C)C(=C(C#N)C#N)C=C(/C=C/c1ccc(N(c3ccccc3)c3ccccc3)cc1)O2. The molecule has 0 saturated heterocycles. The van der Waals surface area contributed by atoms with Gasteiger partial charge >= 0.3 is 0 Å². The predicted molar refractivity (Wildman–Crippen MR) is 153 cm³/mol. The molecule has 0 unspecified atom stereocenters. The van der Waals surface area contributed by atoms with E-state index in [2.05, 4.69) is 53.4 Å². The van der Waals surface area contributed by atoms with E-state index in [1.54, 1.807) is 6.08 Å². The minimum absolute atomic E-state index is 0.0648. The van der Waals surface area contributed by atoms with Crippen LogP contribution in [0.25, 0.3) is 11.6 Å². The number of para-hydroxylation sites is 2. The number of anilines is 3. The smallest absolute Gasteiger partial charge is 0.137 e. The van der Waals surface area contributed by atoms with Gasteiger partial charge in [0.25, 0.3) is 0 Å². The van der Waals surface area contributed by atoms with Gasteiger partial charge in [-0.05, 0) is 91.2 Å². The number of nitriles is 2. The van der Waals surface area contributed by atoms with Gasteiger partial charge in [-0.3, -0.25) is 0 Å². The van der Waals surface area contributed by atoms with Crippen LogP contribution in [0.5, 0.6) is 5.75 Å². The van der Waals surface area contributed by atoms with Crippen LogP contribution in [-0.4, -0.2) is 0 Å². The number of ether oxygens (including phenoxy) is 1. The minimum Gasteiger partial charge on any atom is -0.457 e. The monoisotopic (exact) mass is 491 g/mol. The Balaban J connectivity index is 1.46. The van der Waals surface area contributed by atoms with Gasteiger partial charge in [-0.25, -0.2) is 0 Å². The molecule has 0 saturated carbocycles. The summed E-state index contributed by atoms with van der Waals surface area (Å²) in [7, 11) is 0. The Labute approximate surface area is 223 Å². The van der Waals surface area contributed by atoms with Crippen LogP contribution in [0.1, 0.15) is 22.3 Å². The van der Waals surface area contributed by atoms with E-state index in [0.717, 1.165) is 39.3 Å². The molecule has 4 aromatic rings. The van der Waals surface area contributed by atoms with E-state index in [1.807, 2.05) is 86.7 Å². The number of aryl methyl sites for hydroxylation is 2. The van der Waals surface area contributed by atoms with Gasteiger partial charge in [0, 0.05) is 28.2 Å². The minimum atomic E-state index is 0.0648. The summed E-state index contributed by atoms with van der Waals surface area (Å²) in [6, 6.07) is 36.8. The van der Waals surface area contributed by atoms with Crippen molar-refractivity contribution in [2.45, 2.75) is 13.8 Å². The van der Waals surface area contributed by atoms with E-state index in [1.165, 1.54) is 0 Å². The van der Waals surface area contributed by atoms with Crippen LogP contribution in [0.15, 0.2) is 121 Å². The molecule has 0 bridgehead atoms. The molecule has 1 aliphatic rings. The van der Waals surface area contributed by atoms with E-state index in [-0.39, 0.29) is 5.57 Å². The van der Waals surface area contributed by atoms with Crippen molar-refractivity contribution >= 4 is 28.7 Å². The maximum atomic E-state index is 9.53. The topological polar surface area (TPSA) is 60.0 Å². The first kappa shape index (κ1) is 24.4. The molecular formula is C34H25N3O. The van der Waals surface area contributed by atoms with Crippen LogP contribution in [0.3, 0.4) is 0 Å². The quantitative estimate of drug-likeness (QED) is 0.262. The molecule has 0 aliphatic carbocycles. The highest BCUT2D eigenvalue weighted by Crippen LogP contribution is 2.38. The lowest BCUT2D eigenvalue weighted by Crippen LogP contribution is -2.09. The molecule has 38 heavy (non-hydrogen) atoms. The molecule has 1 aliphatic heterocycles. The number of fused-ring (bicyclic) bond motifs is 1. The van der Waals surface area contributed by atoms with Crippen molar-refractivity contribution in [1.82, 2.24) is 0 Å². The molecule has 1 heterocycles. The summed E-state index contributed by atoms with van der Waals surface area (Å²) in [4.78, 5) is 2.21. The summed E-state index contributed by atoms with van der Waals surface area (Å²) in [5.41, 5.74) is 7.77. The fraction of sp³-hybridized carbons (Fsp3) is 0.0588. The Morgan fingerprint density at radius 3 is 1.84 bits per heavy atom. The molecule has 4 heteroatoms. The highest BCUT2D eigenvalue weighted by atomic mass is 16.5. The Morgan fingerprint density at radius 1 is 0.711 bits per heavy atom. The third kappa shape index (κ3) is 4.98. The molecular weight excluding hydrogens is 466 g/mol. The Morgan fingerprint density at radius 2 is 1.26 bits per heavy atom. The standard InChI is InChI=1S/C34H25N3O/c1-24-19-33-32(27(22-35)23-36)21-31(38-34(33)20-25(24)2)18-15-26-13-16-30(17-14-26)37(28-9-5-3-6-10-28)29-11-7-4-8-12-29/h3-21H,1-2H3/b18-15+. The molecule has 4 aromatic carbocycles. The van der Waals surface area contributed by atoms with Crippen LogP contribution in [-0.2, 0) is 0 Å². The summed E-state index contributed by atoms with van der Waals surface area (Å²) in [6.07, 6.45) is 5.59. The number of hydrogen-bond donors (Lipinski definition) is 0. The average Bonchev–Trinajstić information content (AvgIpc) is 2.95. The molecule has 0 aromatic heterocycles. The van der Waals surface area contributed by atoms with Crippen LogP contribution in [0.2, 0.25) is 0 Å². The van der Waals surface area contributed by atoms with Crippen LogP contribution >= 0.6 is 0 Å². The lowest BCUT2D eigenvalue weighted by Gasteiger charge is -2.25. The van der Waals surface area contributed by atoms with Gasteiger partial charge in [0.2, 0.25) is 0 Å². The van der Waals surface area contributed by atoms with Gasteiger partial charge in [0.1, 0.15) is 29.2 Å².